The summed E-state index contributed by atoms with van der Waals surface area (Å²) in [6, 6.07) is 11.7. The lowest BCUT2D eigenvalue weighted by Crippen LogP contribution is -2.18. The molecule has 5 nitrogen and oxygen atoms in total. The number of carbonyl (C=O) groups excluding carboxylic acids is 1. The van der Waals surface area contributed by atoms with Gasteiger partial charge in [0.25, 0.3) is 0 Å². The normalized spacial score (nSPS) is 11.8. The Morgan fingerprint density at radius 3 is 2.77 bits per heavy atom. The maximum Gasteiger partial charge on any atom is 0.246 e. The number of aromatic nitrogens is 2. The van der Waals surface area contributed by atoms with E-state index in [4.69, 9.17) is 4.52 Å². The Morgan fingerprint density at radius 2 is 2.05 bits per heavy atom. The maximum atomic E-state index is 12.2. The number of hydrogen-bond acceptors (Lipinski definition) is 3. The van der Waals surface area contributed by atoms with Gasteiger partial charge in [0.05, 0.1) is 5.69 Å². The van der Waals surface area contributed by atoms with Crippen LogP contribution in [0.25, 0.3) is 10.9 Å². The van der Waals surface area contributed by atoms with E-state index in [2.05, 4.69) is 10.5 Å². The van der Waals surface area contributed by atoms with Crippen molar-refractivity contribution < 1.29 is 9.32 Å². The van der Waals surface area contributed by atoms with E-state index in [-0.39, 0.29) is 17.9 Å². The minimum absolute atomic E-state index is 0.108. The molecule has 0 aliphatic heterocycles. The number of nitrogens with one attached hydrogen (secondary N) is 1. The lowest BCUT2D eigenvalue weighted by molar-refractivity contribution is -0.116. The number of nitrogens with zero attached hydrogens (tertiary/aromatic N) is 2. The molecule has 0 radical (unpaired) electrons. The Morgan fingerprint density at radius 1 is 1.27 bits per heavy atom. The monoisotopic (exact) mass is 297 g/mol. The van der Waals surface area contributed by atoms with Crippen LogP contribution in [0, 0.1) is 0 Å². The summed E-state index contributed by atoms with van der Waals surface area (Å²) in [7, 11) is 0. The molecular formula is C17H19N3O2. The van der Waals surface area contributed by atoms with Gasteiger partial charge < -0.3 is 9.09 Å². The maximum absolute atomic E-state index is 12.2. The van der Waals surface area contributed by atoms with Gasteiger partial charge in [-0.15, -0.1) is 0 Å². The van der Waals surface area contributed by atoms with Crippen molar-refractivity contribution >= 4 is 22.7 Å². The molecule has 1 amide bonds. The van der Waals surface area contributed by atoms with E-state index in [9.17, 15) is 4.79 Å². The van der Waals surface area contributed by atoms with Gasteiger partial charge in [-0.05, 0) is 17.5 Å². The van der Waals surface area contributed by atoms with Gasteiger partial charge in [-0.25, -0.2) is 0 Å². The SMILES string of the molecule is CC(C)(C)c1cc(NC(=O)Cn2ccc3ccccc32)on1. The zero-order chi connectivity index (χ0) is 15.7. The number of para-hydroxylation sites is 1. The number of anilines is 1. The summed E-state index contributed by atoms with van der Waals surface area (Å²) in [4.78, 5) is 12.2. The van der Waals surface area contributed by atoms with Crippen molar-refractivity contribution in [2.45, 2.75) is 32.7 Å². The highest BCUT2D eigenvalue weighted by Crippen LogP contribution is 2.23. The van der Waals surface area contributed by atoms with Crippen LogP contribution in [0.2, 0.25) is 0 Å². The zero-order valence-electron chi connectivity index (χ0n) is 13.0. The Balaban J connectivity index is 1.71. The van der Waals surface area contributed by atoms with Gasteiger partial charge in [-0.1, -0.05) is 44.1 Å². The summed E-state index contributed by atoms with van der Waals surface area (Å²) in [6.45, 7) is 6.37. The van der Waals surface area contributed by atoms with Crippen LogP contribution >= 0.6 is 0 Å². The van der Waals surface area contributed by atoms with Crippen LogP contribution in [0.5, 0.6) is 0 Å². The summed E-state index contributed by atoms with van der Waals surface area (Å²) in [5.41, 5.74) is 1.74. The lowest BCUT2D eigenvalue weighted by Gasteiger charge is -2.12. The zero-order valence-corrected chi connectivity index (χ0v) is 13.0. The summed E-state index contributed by atoms with van der Waals surface area (Å²) in [6.07, 6.45) is 1.91. The highest BCUT2D eigenvalue weighted by molar-refractivity contribution is 5.90. The number of fused-ring (bicyclic) bond motifs is 1. The Bertz CT molecular complexity index is 809. The third kappa shape index (κ3) is 2.88. The van der Waals surface area contributed by atoms with Crippen LogP contribution in [-0.4, -0.2) is 15.6 Å². The molecule has 3 rings (SSSR count). The minimum Gasteiger partial charge on any atom is -0.338 e. The molecule has 2 heterocycles. The average molecular weight is 297 g/mol. The summed E-state index contributed by atoms with van der Waals surface area (Å²) >= 11 is 0. The Kier molecular flexibility index (Phi) is 3.48. The molecule has 0 atom stereocenters. The first-order valence-corrected chi connectivity index (χ1v) is 7.24. The number of benzene rings is 1. The van der Waals surface area contributed by atoms with E-state index < -0.39 is 0 Å². The molecular weight excluding hydrogens is 278 g/mol. The molecule has 1 N–H and O–H groups in total. The fraction of sp³-hybridized carbons (Fsp3) is 0.294. The summed E-state index contributed by atoms with van der Waals surface area (Å²) in [5.74, 6) is 0.240. The van der Waals surface area contributed by atoms with Gasteiger partial charge in [-0.3, -0.25) is 10.1 Å². The second kappa shape index (κ2) is 5.33. The van der Waals surface area contributed by atoms with Crippen molar-refractivity contribution in [3.05, 3.63) is 48.3 Å². The van der Waals surface area contributed by atoms with E-state index in [1.807, 2.05) is 61.9 Å². The van der Waals surface area contributed by atoms with E-state index in [0.717, 1.165) is 16.6 Å². The molecule has 0 spiro atoms. The topological polar surface area (TPSA) is 60.1 Å². The van der Waals surface area contributed by atoms with Crippen LogP contribution in [0.4, 0.5) is 5.88 Å². The van der Waals surface area contributed by atoms with E-state index >= 15 is 0 Å². The minimum atomic E-state index is -0.141. The molecule has 0 bridgehead atoms. The van der Waals surface area contributed by atoms with Crippen molar-refractivity contribution in [2.24, 2.45) is 0 Å². The number of carbonyl (C=O) groups is 1. The second-order valence-corrected chi connectivity index (χ2v) is 6.38. The molecule has 0 fully saturated rings. The van der Waals surface area contributed by atoms with Crippen LogP contribution in [0.15, 0.2) is 47.1 Å². The molecule has 0 aliphatic carbocycles. The molecule has 114 valence electrons. The third-order valence-electron chi connectivity index (χ3n) is 3.54. The summed E-state index contributed by atoms with van der Waals surface area (Å²) < 4.78 is 7.09. The number of hydrogen-bond donors (Lipinski definition) is 1. The van der Waals surface area contributed by atoms with Crippen molar-refractivity contribution in [3.63, 3.8) is 0 Å². The molecule has 0 aliphatic rings. The first-order valence-electron chi connectivity index (χ1n) is 7.24. The van der Waals surface area contributed by atoms with Gasteiger partial charge >= 0.3 is 0 Å². The fourth-order valence-corrected chi connectivity index (χ4v) is 2.30. The van der Waals surface area contributed by atoms with E-state index in [0.29, 0.717) is 5.88 Å². The van der Waals surface area contributed by atoms with Crippen molar-refractivity contribution in [1.82, 2.24) is 9.72 Å². The van der Waals surface area contributed by atoms with Gasteiger partial charge in [0.1, 0.15) is 6.54 Å². The van der Waals surface area contributed by atoms with Crippen LogP contribution in [-0.2, 0) is 16.8 Å². The summed E-state index contributed by atoms with van der Waals surface area (Å²) in [5, 5.41) is 7.86. The van der Waals surface area contributed by atoms with Crippen molar-refractivity contribution in [3.8, 4) is 0 Å². The molecule has 2 aromatic heterocycles. The molecule has 22 heavy (non-hydrogen) atoms. The van der Waals surface area contributed by atoms with Crippen LogP contribution in [0.1, 0.15) is 26.5 Å². The molecule has 5 heteroatoms. The van der Waals surface area contributed by atoms with Gasteiger partial charge in [0, 0.05) is 23.2 Å². The molecule has 0 saturated carbocycles. The average Bonchev–Trinajstić information content (AvgIpc) is 3.06. The van der Waals surface area contributed by atoms with Gasteiger partial charge in [0.2, 0.25) is 11.8 Å². The fourth-order valence-electron chi connectivity index (χ4n) is 2.30. The standard InChI is InChI=1S/C17H19N3O2/c1-17(2,3)14-10-16(22-19-14)18-15(21)11-20-9-8-12-6-4-5-7-13(12)20/h4-10H,11H2,1-3H3,(H,18,21). The molecule has 0 unspecified atom stereocenters. The van der Waals surface area contributed by atoms with Crippen LogP contribution in [0.3, 0.4) is 0 Å². The lowest BCUT2D eigenvalue weighted by atomic mass is 9.92. The van der Waals surface area contributed by atoms with Crippen LogP contribution < -0.4 is 5.32 Å². The number of amides is 1. The first kappa shape index (κ1) is 14.4. The number of rotatable bonds is 3. The Labute approximate surface area is 128 Å². The molecule has 1 aromatic carbocycles. The second-order valence-electron chi connectivity index (χ2n) is 6.38. The molecule has 0 saturated heterocycles. The predicted molar refractivity (Wildman–Crippen MR) is 85.8 cm³/mol. The third-order valence-corrected chi connectivity index (χ3v) is 3.54. The largest absolute Gasteiger partial charge is 0.338 e. The van der Waals surface area contributed by atoms with E-state index in [1.54, 1.807) is 6.07 Å². The quantitative estimate of drug-likeness (QED) is 0.804. The van der Waals surface area contributed by atoms with Gasteiger partial charge in [-0.2, -0.15) is 0 Å². The predicted octanol–water partition coefficient (Wildman–Crippen LogP) is 3.57. The Hall–Kier alpha value is -2.56. The molecule has 3 aromatic rings. The van der Waals surface area contributed by atoms with Gasteiger partial charge in [0.15, 0.2) is 0 Å². The smallest absolute Gasteiger partial charge is 0.246 e. The highest BCUT2D eigenvalue weighted by Gasteiger charge is 2.19. The first-order chi connectivity index (χ1) is 10.4. The highest BCUT2D eigenvalue weighted by atomic mass is 16.5. The van der Waals surface area contributed by atoms with E-state index in [1.165, 1.54) is 0 Å². The van der Waals surface area contributed by atoms with Crippen molar-refractivity contribution in [1.29, 1.82) is 0 Å². The van der Waals surface area contributed by atoms with Crippen molar-refractivity contribution in [2.75, 3.05) is 5.32 Å².